The number of hydrogen-bond donors (Lipinski definition) is 2. The molecule has 0 aliphatic carbocycles. The Bertz CT molecular complexity index is 1740. The van der Waals surface area contributed by atoms with Gasteiger partial charge in [-0.05, 0) is 66.4 Å². The van der Waals surface area contributed by atoms with Crippen molar-refractivity contribution in [2.75, 3.05) is 18.6 Å². The quantitative estimate of drug-likeness (QED) is 0.152. The van der Waals surface area contributed by atoms with E-state index in [1.807, 2.05) is 97.9 Å². The highest BCUT2D eigenvalue weighted by Crippen LogP contribution is 2.29. The van der Waals surface area contributed by atoms with Gasteiger partial charge in [0.25, 0.3) is 5.91 Å². The third kappa shape index (κ3) is 7.43. The lowest BCUT2D eigenvalue weighted by molar-refractivity contribution is -0.120. The Kier molecular flexibility index (Phi) is 9.74. The predicted octanol–water partition coefficient (Wildman–Crippen LogP) is 7.03. The van der Waals surface area contributed by atoms with Crippen molar-refractivity contribution in [2.45, 2.75) is 31.6 Å². The summed E-state index contributed by atoms with van der Waals surface area (Å²) >= 11 is 1.63. The largest absolute Gasteiger partial charge is 0.496 e. The number of Topliss-reactive ketones (excluding diaryl/α,β-unsaturated/α-hetero) is 1. The number of carbonyl (C=O) groups excluding carboxylic acids is 2. The predicted molar refractivity (Wildman–Crippen MR) is 177 cm³/mol. The van der Waals surface area contributed by atoms with E-state index < -0.39 is 6.04 Å². The van der Waals surface area contributed by atoms with E-state index in [4.69, 9.17) is 15.5 Å². The number of fused-ring (bicyclic) bond motifs is 1. The summed E-state index contributed by atoms with van der Waals surface area (Å²) in [5.41, 5.74) is 12.6. The van der Waals surface area contributed by atoms with Crippen LogP contribution in [0.1, 0.15) is 33.5 Å². The molecule has 0 saturated carbocycles. The molecule has 0 saturated heterocycles. The summed E-state index contributed by atoms with van der Waals surface area (Å²) in [7, 11) is 1.64. The summed E-state index contributed by atoms with van der Waals surface area (Å²) in [6.07, 6.45) is 0.791. The van der Waals surface area contributed by atoms with E-state index >= 15 is 0 Å². The van der Waals surface area contributed by atoms with Crippen molar-refractivity contribution in [1.82, 2.24) is 10.3 Å². The molecule has 0 aliphatic heterocycles. The van der Waals surface area contributed by atoms with Crippen LogP contribution >= 0.6 is 11.8 Å². The molecule has 6 nitrogen and oxygen atoms in total. The molecule has 218 valence electrons. The lowest BCUT2D eigenvalue weighted by atomic mass is 10.0. The number of aryl methyl sites for hydroxylation is 2. The summed E-state index contributed by atoms with van der Waals surface area (Å²) in [6.45, 7) is 1.98. The molecule has 1 unspecified atom stereocenters. The van der Waals surface area contributed by atoms with E-state index in [2.05, 4.69) is 17.4 Å². The fourth-order valence-corrected chi connectivity index (χ4v) is 6.11. The number of hydrogen-bond acceptors (Lipinski definition) is 6. The number of rotatable bonds is 12. The third-order valence-electron chi connectivity index (χ3n) is 7.44. The van der Waals surface area contributed by atoms with Gasteiger partial charge >= 0.3 is 0 Å². The Morgan fingerprint density at radius 2 is 1.67 bits per heavy atom. The van der Waals surface area contributed by atoms with Gasteiger partial charge in [0.05, 0.1) is 29.9 Å². The number of anilines is 1. The maximum atomic E-state index is 13.9. The van der Waals surface area contributed by atoms with Crippen LogP contribution in [0.5, 0.6) is 5.75 Å². The number of ether oxygens (including phenoxy) is 1. The second-order valence-corrected chi connectivity index (χ2v) is 11.5. The van der Waals surface area contributed by atoms with E-state index in [1.54, 1.807) is 18.9 Å². The molecule has 1 aromatic heterocycles. The Labute approximate surface area is 256 Å². The number of pyridine rings is 1. The number of carbonyl (C=O) groups is 2. The number of nitrogens with two attached hydrogens (primary N) is 1. The van der Waals surface area contributed by atoms with Crippen molar-refractivity contribution < 1.29 is 14.3 Å². The summed E-state index contributed by atoms with van der Waals surface area (Å²) in [6, 6.07) is 32.2. The minimum Gasteiger partial charge on any atom is -0.496 e. The average Bonchev–Trinajstić information content (AvgIpc) is 3.03. The molecule has 1 amide bonds. The molecular weight excluding hydrogens is 554 g/mol. The number of amides is 1. The number of methoxy groups -OCH3 is 1. The van der Waals surface area contributed by atoms with E-state index in [0.717, 1.165) is 33.6 Å². The number of nitrogens with one attached hydrogen (secondary N) is 1. The minimum absolute atomic E-state index is 0.0264. The second-order valence-electron chi connectivity index (χ2n) is 10.4. The highest BCUT2D eigenvalue weighted by Gasteiger charge is 2.23. The van der Waals surface area contributed by atoms with Gasteiger partial charge in [0, 0.05) is 34.6 Å². The van der Waals surface area contributed by atoms with Gasteiger partial charge in [0.15, 0.2) is 5.78 Å². The summed E-state index contributed by atoms with van der Waals surface area (Å²) in [5.74, 6) is 1.65. The van der Waals surface area contributed by atoms with Crippen molar-refractivity contribution in [2.24, 2.45) is 0 Å². The Balaban J connectivity index is 1.41. The highest BCUT2D eigenvalue weighted by atomic mass is 32.2. The van der Waals surface area contributed by atoms with Crippen LogP contribution in [0.15, 0.2) is 103 Å². The fourth-order valence-electron chi connectivity index (χ4n) is 5.06. The summed E-state index contributed by atoms with van der Waals surface area (Å²) in [5, 5.41) is 3.81. The molecule has 7 heteroatoms. The number of ketones is 1. The highest BCUT2D eigenvalue weighted by molar-refractivity contribution is 7.98. The Morgan fingerprint density at radius 3 is 2.44 bits per heavy atom. The first kappa shape index (κ1) is 29.9. The van der Waals surface area contributed by atoms with Gasteiger partial charge in [-0.25, -0.2) is 4.98 Å². The molecule has 0 fully saturated rings. The number of para-hydroxylation sites is 2. The van der Waals surface area contributed by atoms with Gasteiger partial charge in [-0.2, -0.15) is 11.8 Å². The van der Waals surface area contributed by atoms with Crippen LogP contribution in [0.2, 0.25) is 0 Å². The van der Waals surface area contributed by atoms with Gasteiger partial charge in [-0.15, -0.1) is 0 Å². The average molecular weight is 590 g/mol. The molecule has 5 aromatic rings. The number of benzene rings is 4. The van der Waals surface area contributed by atoms with Crippen molar-refractivity contribution >= 4 is 40.0 Å². The second kappa shape index (κ2) is 14.0. The molecule has 5 rings (SSSR count). The zero-order chi connectivity index (χ0) is 30.2. The van der Waals surface area contributed by atoms with Gasteiger partial charge in [0.2, 0.25) is 0 Å². The summed E-state index contributed by atoms with van der Waals surface area (Å²) < 4.78 is 5.42. The third-order valence-corrected chi connectivity index (χ3v) is 8.54. The van der Waals surface area contributed by atoms with E-state index in [-0.39, 0.29) is 18.1 Å². The maximum Gasteiger partial charge on any atom is 0.252 e. The van der Waals surface area contributed by atoms with Gasteiger partial charge in [0.1, 0.15) is 5.75 Å². The van der Waals surface area contributed by atoms with Crippen molar-refractivity contribution in [3.63, 3.8) is 0 Å². The van der Waals surface area contributed by atoms with E-state index in [0.29, 0.717) is 34.6 Å². The monoisotopic (exact) mass is 589 g/mol. The molecule has 3 N–H and O–H groups in total. The maximum absolute atomic E-state index is 13.9. The van der Waals surface area contributed by atoms with Crippen molar-refractivity contribution in [1.29, 1.82) is 0 Å². The fraction of sp³-hybridized carbons (Fsp3) is 0.194. The lowest BCUT2D eigenvalue weighted by Gasteiger charge is -2.19. The van der Waals surface area contributed by atoms with E-state index in [1.165, 1.54) is 5.56 Å². The van der Waals surface area contributed by atoms with Crippen LogP contribution in [0.3, 0.4) is 0 Å². The van der Waals surface area contributed by atoms with Crippen LogP contribution in [-0.4, -0.2) is 35.6 Å². The number of thioether (sulfide) groups is 1. The number of nitrogen functional groups attached to an aromatic ring is 1. The molecular formula is C36H35N3O3S. The Hall–Kier alpha value is -4.62. The molecule has 0 spiro atoms. The molecule has 0 radical (unpaired) electrons. The van der Waals surface area contributed by atoms with Crippen LogP contribution in [-0.2, 0) is 17.0 Å². The first-order chi connectivity index (χ1) is 20.9. The SMILES string of the molecule is COc1ccc(-c2cc(C(=O)NC(CSCc3ccccc3)C(=O)CCc3ccccc3N)c3ccccc3n2)cc1C. The van der Waals surface area contributed by atoms with Crippen LogP contribution < -0.4 is 15.8 Å². The van der Waals surface area contributed by atoms with Crippen LogP contribution in [0.25, 0.3) is 22.2 Å². The number of nitrogens with zero attached hydrogens (tertiary/aromatic N) is 1. The van der Waals surface area contributed by atoms with Crippen molar-refractivity contribution in [3.8, 4) is 17.0 Å². The molecule has 1 atom stereocenters. The smallest absolute Gasteiger partial charge is 0.252 e. The molecule has 1 heterocycles. The van der Waals surface area contributed by atoms with Crippen LogP contribution in [0, 0.1) is 6.92 Å². The van der Waals surface area contributed by atoms with Crippen molar-refractivity contribution in [3.05, 3.63) is 125 Å². The summed E-state index contributed by atoms with van der Waals surface area (Å²) in [4.78, 5) is 32.4. The Morgan fingerprint density at radius 1 is 0.930 bits per heavy atom. The van der Waals surface area contributed by atoms with Gasteiger partial charge in [-0.3, -0.25) is 9.59 Å². The normalized spacial score (nSPS) is 11.7. The molecule has 0 aliphatic rings. The van der Waals surface area contributed by atoms with Crippen LogP contribution in [0.4, 0.5) is 5.69 Å². The van der Waals surface area contributed by atoms with E-state index in [9.17, 15) is 9.59 Å². The topological polar surface area (TPSA) is 94.3 Å². The zero-order valence-electron chi connectivity index (χ0n) is 24.4. The van der Waals surface area contributed by atoms with Gasteiger partial charge in [-0.1, -0.05) is 66.7 Å². The first-order valence-electron chi connectivity index (χ1n) is 14.3. The standard InChI is InChI=1S/C36H35N3O3S/c1-24-20-27(17-19-35(24)42-2)32-21-29(28-13-7-9-15-31(28)38-32)36(41)39-33(23-43-22-25-10-4-3-5-11-25)34(40)18-16-26-12-6-8-14-30(26)37/h3-15,17,19-21,33H,16,18,22-23,37H2,1-2H3,(H,39,41). The molecule has 0 bridgehead atoms. The lowest BCUT2D eigenvalue weighted by Crippen LogP contribution is -2.43. The molecule has 43 heavy (non-hydrogen) atoms. The first-order valence-corrected chi connectivity index (χ1v) is 15.4. The zero-order valence-corrected chi connectivity index (χ0v) is 25.2. The number of aromatic nitrogens is 1. The molecule has 4 aromatic carbocycles. The minimum atomic E-state index is -0.662. The van der Waals surface area contributed by atoms with Gasteiger partial charge < -0.3 is 15.8 Å².